The molecule has 0 saturated heterocycles. The summed E-state index contributed by atoms with van der Waals surface area (Å²) in [5.41, 5.74) is 2.53. The monoisotopic (exact) mass is 346 g/mol. The molecule has 0 aromatic rings. The fraction of sp³-hybridized carbons (Fsp3) is 0.826. The molecule has 2 heteroatoms. The maximum absolute atomic E-state index is 11.8. The van der Waals surface area contributed by atoms with Gasteiger partial charge in [0.2, 0.25) is 0 Å². The van der Waals surface area contributed by atoms with Crippen molar-refractivity contribution in [3.05, 3.63) is 11.6 Å². The van der Waals surface area contributed by atoms with Crippen LogP contribution in [0.2, 0.25) is 0 Å². The Hall–Kier alpha value is -0.920. The van der Waals surface area contributed by atoms with Gasteiger partial charge in [0, 0.05) is 6.42 Å². The number of aldehydes is 1. The van der Waals surface area contributed by atoms with Gasteiger partial charge in [0.15, 0.2) is 5.78 Å². The molecule has 0 N–H and O–H groups in total. The number of hydrogen-bond acceptors (Lipinski definition) is 2. The van der Waals surface area contributed by atoms with Crippen LogP contribution in [0.3, 0.4) is 0 Å². The Morgan fingerprint density at radius 3 is 2.36 bits per heavy atom. The first-order valence-electron chi connectivity index (χ1n) is 10.6. The molecule has 5 unspecified atom stereocenters. The van der Waals surface area contributed by atoms with Gasteiger partial charge in [0.05, 0.1) is 0 Å². The summed E-state index contributed by atoms with van der Waals surface area (Å²) in [4.78, 5) is 20.6. The Kier molecular flexibility index (Phi) is 6.68. The molecule has 0 heterocycles. The summed E-state index contributed by atoms with van der Waals surface area (Å²) < 4.78 is 0. The van der Waals surface area contributed by atoms with E-state index >= 15 is 0 Å². The van der Waals surface area contributed by atoms with Crippen molar-refractivity contribution in [3.8, 4) is 0 Å². The second-order valence-corrected chi connectivity index (χ2v) is 8.79. The molecular weight excluding hydrogens is 308 g/mol. The summed E-state index contributed by atoms with van der Waals surface area (Å²) in [5.74, 6) is 3.19. The molecule has 4 aliphatic carbocycles. The van der Waals surface area contributed by atoms with Gasteiger partial charge in [0.25, 0.3) is 0 Å². The molecule has 25 heavy (non-hydrogen) atoms. The van der Waals surface area contributed by atoms with Gasteiger partial charge < -0.3 is 4.79 Å². The van der Waals surface area contributed by atoms with E-state index in [2.05, 4.69) is 13.8 Å². The lowest BCUT2D eigenvalue weighted by Crippen LogP contribution is -2.49. The van der Waals surface area contributed by atoms with Gasteiger partial charge in [-0.1, -0.05) is 39.7 Å². The predicted molar refractivity (Wildman–Crippen MR) is 104 cm³/mol. The Morgan fingerprint density at radius 2 is 1.68 bits per heavy atom. The van der Waals surface area contributed by atoms with Crippen molar-refractivity contribution in [2.75, 3.05) is 0 Å². The zero-order chi connectivity index (χ0) is 18.7. The molecule has 0 aliphatic heterocycles. The Bertz CT molecular complexity index is 520. The van der Waals surface area contributed by atoms with Crippen LogP contribution in [0.4, 0.5) is 0 Å². The summed E-state index contributed by atoms with van der Waals surface area (Å²) in [6.07, 6.45) is 14.5. The number of hydrogen-bond donors (Lipinski definition) is 0. The van der Waals surface area contributed by atoms with E-state index in [1.807, 2.05) is 19.9 Å². The minimum atomic E-state index is 0.362. The third kappa shape index (κ3) is 3.64. The molecule has 142 valence electrons. The van der Waals surface area contributed by atoms with Crippen molar-refractivity contribution >= 4 is 12.1 Å². The van der Waals surface area contributed by atoms with Crippen LogP contribution in [0.1, 0.15) is 92.4 Å². The Balaban J connectivity index is 0.000000410. The van der Waals surface area contributed by atoms with Crippen molar-refractivity contribution in [1.29, 1.82) is 0 Å². The van der Waals surface area contributed by atoms with Crippen molar-refractivity contribution in [2.45, 2.75) is 92.4 Å². The highest BCUT2D eigenvalue weighted by Gasteiger charge is 2.55. The van der Waals surface area contributed by atoms with E-state index in [1.165, 1.54) is 57.4 Å². The zero-order valence-electron chi connectivity index (χ0n) is 17.1. The maximum Gasteiger partial charge on any atom is 0.155 e. The fourth-order valence-electron chi connectivity index (χ4n) is 6.55. The van der Waals surface area contributed by atoms with E-state index < -0.39 is 0 Å². The summed E-state index contributed by atoms with van der Waals surface area (Å²) in [6, 6.07) is 0. The quantitative estimate of drug-likeness (QED) is 0.494. The lowest BCUT2D eigenvalue weighted by molar-refractivity contribution is -0.117. The normalized spacial score (nSPS) is 41.6. The van der Waals surface area contributed by atoms with E-state index in [4.69, 9.17) is 4.79 Å². The minimum Gasteiger partial charge on any atom is -0.304 e. The molecule has 4 rings (SSSR count). The van der Waals surface area contributed by atoms with Crippen molar-refractivity contribution < 1.29 is 9.59 Å². The summed E-state index contributed by atoms with van der Waals surface area (Å²) >= 11 is 0. The van der Waals surface area contributed by atoms with Crippen molar-refractivity contribution in [2.24, 2.45) is 28.6 Å². The summed E-state index contributed by atoms with van der Waals surface area (Å²) in [6.45, 7) is 10.5. The number of rotatable bonds is 0. The van der Waals surface area contributed by atoms with Crippen molar-refractivity contribution in [3.63, 3.8) is 0 Å². The molecular formula is C23H38O2. The number of carbonyl (C=O) groups excluding carboxylic acids is 2. The van der Waals surface area contributed by atoms with Crippen molar-refractivity contribution in [1.82, 2.24) is 0 Å². The number of carbonyl (C=O) groups is 2. The van der Waals surface area contributed by atoms with Gasteiger partial charge >= 0.3 is 0 Å². The van der Waals surface area contributed by atoms with Gasteiger partial charge in [-0.15, -0.1) is 0 Å². The van der Waals surface area contributed by atoms with Gasteiger partial charge in [-0.25, -0.2) is 0 Å². The highest BCUT2D eigenvalue weighted by atomic mass is 16.1. The second-order valence-electron chi connectivity index (χ2n) is 8.79. The third-order valence-corrected chi connectivity index (χ3v) is 7.74. The summed E-state index contributed by atoms with van der Waals surface area (Å²) in [7, 11) is 0. The van der Waals surface area contributed by atoms with Crippen LogP contribution in [0.25, 0.3) is 0 Å². The third-order valence-electron chi connectivity index (χ3n) is 7.74. The molecule has 2 nitrogen and oxygen atoms in total. The molecule has 0 radical (unpaired) electrons. The van der Waals surface area contributed by atoms with Gasteiger partial charge in [0.1, 0.15) is 6.29 Å². The Labute approximate surface area is 154 Å². The molecule has 3 fully saturated rings. The molecule has 5 atom stereocenters. The molecule has 0 aromatic carbocycles. The lowest BCUT2D eigenvalue weighted by Gasteiger charge is -2.57. The standard InChI is InChI=1S/C19H28O.C2H4O.C2H6/c1-18-9-3-4-16(18)15-6-5-13-12-14(20)7-11-19(13,2)17(15)8-10-18;1-2-3;1-2/h12,15-17H,3-11H2,1-2H3;2H,1H3;1-2H3. The molecule has 0 spiro atoms. The van der Waals surface area contributed by atoms with Gasteiger partial charge in [-0.2, -0.15) is 0 Å². The molecule has 0 bridgehead atoms. The first-order chi connectivity index (χ1) is 11.9. The van der Waals surface area contributed by atoms with Crippen LogP contribution in [-0.4, -0.2) is 12.1 Å². The average molecular weight is 347 g/mol. The highest BCUT2D eigenvalue weighted by Crippen LogP contribution is 2.65. The largest absolute Gasteiger partial charge is 0.304 e. The highest BCUT2D eigenvalue weighted by molar-refractivity contribution is 5.91. The van der Waals surface area contributed by atoms with E-state index in [-0.39, 0.29) is 0 Å². The SMILES string of the molecule is CC.CC12CCCC1C1CCC3=CC(=O)CCC3(C)C1CC2.CC=O. The second kappa shape index (κ2) is 8.18. The van der Waals surface area contributed by atoms with Crippen LogP contribution in [0, 0.1) is 28.6 Å². The zero-order valence-corrected chi connectivity index (χ0v) is 17.1. The molecule has 0 amide bonds. The van der Waals surface area contributed by atoms with Crippen LogP contribution >= 0.6 is 0 Å². The maximum atomic E-state index is 11.8. The summed E-state index contributed by atoms with van der Waals surface area (Å²) in [5, 5.41) is 0. The van der Waals surface area contributed by atoms with Crippen LogP contribution in [0.5, 0.6) is 0 Å². The minimum absolute atomic E-state index is 0.362. The van der Waals surface area contributed by atoms with E-state index in [9.17, 15) is 4.79 Å². The number of fused-ring (bicyclic) bond motifs is 5. The average Bonchev–Trinajstić information content (AvgIpc) is 3.00. The van der Waals surface area contributed by atoms with E-state index in [0.29, 0.717) is 16.6 Å². The number of ketones is 1. The molecule has 4 aliphatic rings. The van der Waals surface area contributed by atoms with E-state index in [0.717, 1.165) is 36.9 Å². The molecule has 3 saturated carbocycles. The van der Waals surface area contributed by atoms with Crippen LogP contribution in [-0.2, 0) is 9.59 Å². The van der Waals surface area contributed by atoms with Crippen LogP contribution in [0.15, 0.2) is 11.6 Å². The van der Waals surface area contributed by atoms with E-state index in [1.54, 1.807) is 0 Å². The first kappa shape index (κ1) is 20.4. The van der Waals surface area contributed by atoms with Gasteiger partial charge in [-0.05, 0) is 86.5 Å². The smallest absolute Gasteiger partial charge is 0.155 e. The fourth-order valence-corrected chi connectivity index (χ4v) is 6.55. The predicted octanol–water partition coefficient (Wildman–Crippen LogP) is 6.14. The Morgan fingerprint density at radius 1 is 1.00 bits per heavy atom. The lowest BCUT2D eigenvalue weighted by atomic mass is 9.47. The molecule has 0 aromatic heterocycles. The number of allylic oxidation sites excluding steroid dienone is 1. The topological polar surface area (TPSA) is 34.1 Å². The van der Waals surface area contributed by atoms with Gasteiger partial charge in [-0.3, -0.25) is 4.79 Å². The first-order valence-corrected chi connectivity index (χ1v) is 10.6. The van der Waals surface area contributed by atoms with Crippen LogP contribution < -0.4 is 0 Å².